The number of nitrogen functional groups attached to an aromatic ring is 1. The predicted molar refractivity (Wildman–Crippen MR) is 87.0 cm³/mol. The smallest absolute Gasteiger partial charge is 0.242 e. The number of hydrogen-bond donors (Lipinski definition) is 2. The largest absolute Gasteiger partial charge is 0.398 e. The van der Waals surface area contributed by atoms with Crippen LogP contribution in [0, 0.1) is 12.8 Å². The first-order valence-corrected chi connectivity index (χ1v) is 9.31. The first-order chi connectivity index (χ1) is 9.90. The highest BCUT2D eigenvalue weighted by Gasteiger charge is 2.19. The summed E-state index contributed by atoms with van der Waals surface area (Å²) in [5.41, 5.74) is 6.99. The fourth-order valence-corrected chi connectivity index (χ4v) is 4.54. The first-order valence-electron chi connectivity index (χ1n) is 7.45. The topological polar surface area (TPSA) is 72.2 Å². The number of aryl methyl sites for hydroxylation is 1. The van der Waals surface area contributed by atoms with Crippen LogP contribution in [0.15, 0.2) is 17.0 Å². The number of halogens is 1. The van der Waals surface area contributed by atoms with Gasteiger partial charge in [0, 0.05) is 12.2 Å². The summed E-state index contributed by atoms with van der Waals surface area (Å²) in [6.45, 7) is 2.25. The third kappa shape index (κ3) is 4.34. The number of nitrogens with two attached hydrogens (primary N) is 1. The monoisotopic (exact) mass is 330 g/mol. The molecular weight excluding hydrogens is 308 g/mol. The summed E-state index contributed by atoms with van der Waals surface area (Å²) in [6, 6.07) is 3.01. The van der Waals surface area contributed by atoms with Gasteiger partial charge in [-0.15, -0.1) is 0 Å². The van der Waals surface area contributed by atoms with Crippen molar-refractivity contribution >= 4 is 27.3 Å². The van der Waals surface area contributed by atoms with Crippen LogP contribution in [0.25, 0.3) is 0 Å². The van der Waals surface area contributed by atoms with Crippen LogP contribution in [-0.4, -0.2) is 15.0 Å². The van der Waals surface area contributed by atoms with Gasteiger partial charge in [0.15, 0.2) is 0 Å². The Labute approximate surface area is 132 Å². The van der Waals surface area contributed by atoms with Crippen LogP contribution in [-0.2, 0) is 10.0 Å². The van der Waals surface area contributed by atoms with Gasteiger partial charge in [-0.05, 0) is 43.4 Å². The summed E-state index contributed by atoms with van der Waals surface area (Å²) >= 11 is 6.03. The van der Waals surface area contributed by atoms with Gasteiger partial charge in [0.1, 0.15) is 4.90 Å². The zero-order chi connectivity index (χ0) is 15.5. The number of benzene rings is 1. The van der Waals surface area contributed by atoms with Crippen molar-refractivity contribution in [3.63, 3.8) is 0 Å². The van der Waals surface area contributed by atoms with Crippen molar-refractivity contribution < 1.29 is 8.42 Å². The maximum absolute atomic E-state index is 12.3. The Hall–Kier alpha value is -0.780. The molecule has 0 bridgehead atoms. The zero-order valence-corrected chi connectivity index (χ0v) is 13.9. The van der Waals surface area contributed by atoms with Crippen LogP contribution in [0.3, 0.4) is 0 Å². The third-order valence-electron chi connectivity index (χ3n) is 4.17. The molecule has 1 aliphatic rings. The predicted octanol–water partition coefficient (Wildman–Crippen LogP) is 3.48. The molecule has 0 saturated heterocycles. The summed E-state index contributed by atoms with van der Waals surface area (Å²) in [5.74, 6) is 0.771. The second-order valence-electron chi connectivity index (χ2n) is 5.83. The van der Waals surface area contributed by atoms with Crippen LogP contribution in [0.4, 0.5) is 5.69 Å². The van der Waals surface area contributed by atoms with E-state index in [9.17, 15) is 8.42 Å². The van der Waals surface area contributed by atoms with E-state index in [1.54, 1.807) is 13.0 Å². The van der Waals surface area contributed by atoms with Gasteiger partial charge >= 0.3 is 0 Å². The molecule has 1 aliphatic carbocycles. The second kappa shape index (κ2) is 6.99. The highest BCUT2D eigenvalue weighted by molar-refractivity contribution is 7.89. The molecule has 1 aromatic rings. The Balaban J connectivity index is 1.93. The van der Waals surface area contributed by atoms with Gasteiger partial charge in [-0.1, -0.05) is 37.3 Å². The molecular formula is C15H23ClN2O2S. The molecule has 0 amide bonds. The molecule has 6 heteroatoms. The van der Waals surface area contributed by atoms with E-state index in [2.05, 4.69) is 4.72 Å². The van der Waals surface area contributed by atoms with Crippen molar-refractivity contribution in [2.75, 3.05) is 12.3 Å². The molecule has 0 atom stereocenters. The van der Waals surface area contributed by atoms with Crippen LogP contribution in [0.2, 0.25) is 5.02 Å². The van der Waals surface area contributed by atoms with Crippen molar-refractivity contribution in [2.24, 2.45) is 5.92 Å². The number of anilines is 1. The average molecular weight is 331 g/mol. The van der Waals surface area contributed by atoms with Gasteiger partial charge in [-0.2, -0.15) is 0 Å². The number of rotatable bonds is 6. The van der Waals surface area contributed by atoms with E-state index in [-0.39, 0.29) is 9.92 Å². The number of hydrogen-bond acceptors (Lipinski definition) is 3. The highest BCUT2D eigenvalue weighted by Crippen LogP contribution is 2.29. The summed E-state index contributed by atoms with van der Waals surface area (Å²) in [7, 11) is -3.59. The van der Waals surface area contributed by atoms with Crippen LogP contribution in [0.5, 0.6) is 0 Å². The lowest BCUT2D eigenvalue weighted by Crippen LogP contribution is -2.25. The van der Waals surface area contributed by atoms with Crippen molar-refractivity contribution in [1.82, 2.24) is 4.72 Å². The Bertz CT molecular complexity index is 596. The SMILES string of the molecule is Cc1cc(Cl)c(S(=O)(=O)NCCCC2CCCC2)cc1N. The van der Waals surface area contributed by atoms with Crippen LogP contribution >= 0.6 is 11.6 Å². The van der Waals surface area contributed by atoms with E-state index in [0.717, 1.165) is 24.3 Å². The van der Waals surface area contributed by atoms with E-state index < -0.39 is 10.0 Å². The zero-order valence-electron chi connectivity index (χ0n) is 12.4. The molecule has 0 radical (unpaired) electrons. The molecule has 0 heterocycles. The second-order valence-corrected chi connectivity index (χ2v) is 7.97. The standard InChI is InChI=1S/C15H23ClN2O2S/c1-11-9-13(16)15(10-14(11)17)21(19,20)18-8-4-7-12-5-2-3-6-12/h9-10,12,18H,2-8,17H2,1H3. The molecule has 4 nitrogen and oxygen atoms in total. The summed E-state index contributed by atoms with van der Waals surface area (Å²) < 4.78 is 27.1. The quantitative estimate of drug-likeness (QED) is 0.619. The van der Waals surface area contributed by atoms with E-state index in [4.69, 9.17) is 17.3 Å². The lowest BCUT2D eigenvalue weighted by molar-refractivity contribution is 0.480. The molecule has 1 fully saturated rings. The van der Waals surface area contributed by atoms with Crippen molar-refractivity contribution in [3.05, 3.63) is 22.7 Å². The van der Waals surface area contributed by atoms with Gasteiger partial charge in [-0.3, -0.25) is 0 Å². The molecule has 21 heavy (non-hydrogen) atoms. The lowest BCUT2D eigenvalue weighted by Gasteiger charge is -2.12. The average Bonchev–Trinajstić information content (AvgIpc) is 2.92. The molecule has 118 valence electrons. The lowest BCUT2D eigenvalue weighted by atomic mass is 10.0. The van der Waals surface area contributed by atoms with Gasteiger partial charge in [0.05, 0.1) is 5.02 Å². The van der Waals surface area contributed by atoms with Gasteiger partial charge in [0.2, 0.25) is 10.0 Å². The Kier molecular flexibility index (Phi) is 5.52. The molecule has 2 rings (SSSR count). The fraction of sp³-hybridized carbons (Fsp3) is 0.600. The Morgan fingerprint density at radius 2 is 2.00 bits per heavy atom. The van der Waals surface area contributed by atoms with Crippen molar-refractivity contribution in [1.29, 1.82) is 0 Å². The van der Waals surface area contributed by atoms with Gasteiger partial charge < -0.3 is 5.73 Å². The number of nitrogens with one attached hydrogen (secondary N) is 1. The maximum Gasteiger partial charge on any atom is 0.242 e. The van der Waals surface area contributed by atoms with Crippen LogP contribution < -0.4 is 10.5 Å². The summed E-state index contributed by atoms with van der Waals surface area (Å²) in [4.78, 5) is 0.0631. The van der Waals surface area contributed by atoms with Gasteiger partial charge in [-0.25, -0.2) is 13.1 Å². The molecule has 1 aromatic carbocycles. The van der Waals surface area contributed by atoms with E-state index >= 15 is 0 Å². The minimum absolute atomic E-state index is 0.0631. The first kappa shape index (κ1) is 16.6. The van der Waals surface area contributed by atoms with E-state index in [0.29, 0.717) is 12.2 Å². The Morgan fingerprint density at radius 3 is 2.67 bits per heavy atom. The summed E-state index contributed by atoms with van der Waals surface area (Å²) in [6.07, 6.45) is 7.15. The summed E-state index contributed by atoms with van der Waals surface area (Å²) in [5, 5.41) is 0.213. The minimum Gasteiger partial charge on any atom is -0.398 e. The molecule has 0 unspecified atom stereocenters. The molecule has 1 saturated carbocycles. The normalized spacial score (nSPS) is 16.5. The number of sulfonamides is 1. The van der Waals surface area contributed by atoms with E-state index in [1.807, 2.05) is 0 Å². The van der Waals surface area contributed by atoms with Gasteiger partial charge in [0.25, 0.3) is 0 Å². The van der Waals surface area contributed by atoms with Crippen LogP contribution in [0.1, 0.15) is 44.1 Å². The molecule has 0 spiro atoms. The highest BCUT2D eigenvalue weighted by atomic mass is 35.5. The van der Waals surface area contributed by atoms with Crippen molar-refractivity contribution in [3.8, 4) is 0 Å². The third-order valence-corrected chi connectivity index (χ3v) is 6.09. The molecule has 0 aromatic heterocycles. The maximum atomic E-state index is 12.3. The van der Waals surface area contributed by atoms with Crippen molar-refractivity contribution in [2.45, 2.75) is 50.3 Å². The van der Waals surface area contributed by atoms with E-state index in [1.165, 1.54) is 31.7 Å². The Morgan fingerprint density at radius 1 is 1.33 bits per heavy atom. The molecule has 0 aliphatic heterocycles. The fourth-order valence-electron chi connectivity index (χ4n) is 2.85. The minimum atomic E-state index is -3.59. The molecule has 3 N–H and O–H groups in total.